The summed E-state index contributed by atoms with van der Waals surface area (Å²) in [6, 6.07) is 7.58. The molecule has 0 radical (unpaired) electrons. The van der Waals surface area contributed by atoms with Crippen LogP contribution in [0.25, 0.3) is 0 Å². The fourth-order valence-corrected chi connectivity index (χ4v) is 4.95. The molecule has 236 valence electrons. The molecular weight excluding hydrogens is 562 g/mol. The number of methoxy groups -OCH3 is 1. The van der Waals surface area contributed by atoms with E-state index in [2.05, 4.69) is 0 Å². The number of benzene rings is 2. The number of anilines is 1. The molecule has 0 bridgehead atoms. The fourth-order valence-electron chi connectivity index (χ4n) is 4.95. The van der Waals surface area contributed by atoms with Gasteiger partial charge >= 0.3 is 18.7 Å². The van der Waals surface area contributed by atoms with Crippen molar-refractivity contribution in [2.45, 2.75) is 85.7 Å². The summed E-state index contributed by atoms with van der Waals surface area (Å²) in [6.07, 6.45) is 0.0933. The normalized spacial score (nSPS) is 13.5. The van der Waals surface area contributed by atoms with E-state index in [0.717, 1.165) is 16.0 Å². The smallest absolute Gasteiger partial charge is 0.410 e. The molecule has 2 amide bonds. The molecule has 0 N–H and O–H groups in total. The van der Waals surface area contributed by atoms with Gasteiger partial charge in [0.1, 0.15) is 29.7 Å². The third kappa shape index (κ3) is 8.81. The molecule has 2 aromatic rings. The van der Waals surface area contributed by atoms with E-state index >= 15 is 0 Å². The first-order chi connectivity index (χ1) is 20.1. The van der Waals surface area contributed by atoms with Gasteiger partial charge in [0.25, 0.3) is 5.91 Å². The first-order valence-electron chi connectivity index (χ1n) is 14.3. The fraction of sp³-hybridized carbons (Fsp3) is 0.531. The summed E-state index contributed by atoms with van der Waals surface area (Å²) < 4.78 is 47.1. The molecule has 0 aromatic heterocycles. The molecule has 9 nitrogen and oxygen atoms in total. The predicted molar refractivity (Wildman–Crippen MR) is 158 cm³/mol. The zero-order valence-corrected chi connectivity index (χ0v) is 26.2. The van der Waals surface area contributed by atoms with Gasteiger partial charge in [-0.25, -0.2) is 4.79 Å². The summed E-state index contributed by atoms with van der Waals surface area (Å²) in [6.45, 7) is 8.60. The molecule has 1 heterocycles. The van der Waals surface area contributed by atoms with E-state index in [4.69, 9.17) is 18.9 Å². The second-order valence-electron chi connectivity index (χ2n) is 12.0. The molecule has 0 spiro atoms. The minimum absolute atomic E-state index is 0.131. The Morgan fingerprint density at radius 2 is 1.77 bits per heavy atom. The number of likely N-dealkylation sites (N-methyl/N-ethyl adjacent to an activating group) is 1. The van der Waals surface area contributed by atoms with Gasteiger partial charge in [0.15, 0.2) is 0 Å². The Kier molecular flexibility index (Phi) is 11.0. The minimum Gasteiger partial charge on any atom is -0.489 e. The Bertz CT molecular complexity index is 1320. The number of esters is 1. The number of hydrogen-bond donors (Lipinski definition) is 0. The number of carbonyl (C=O) groups excluding carboxylic acids is 3. The van der Waals surface area contributed by atoms with Crippen molar-refractivity contribution in [2.75, 3.05) is 25.6 Å². The minimum atomic E-state index is -2.93. The van der Waals surface area contributed by atoms with E-state index in [1.54, 1.807) is 49.9 Å². The largest absolute Gasteiger partial charge is 0.489 e. The van der Waals surface area contributed by atoms with Gasteiger partial charge in [0.05, 0.1) is 13.5 Å². The zero-order chi connectivity index (χ0) is 32.1. The second-order valence-corrected chi connectivity index (χ2v) is 12.0. The number of hydrogen-bond acceptors (Lipinski definition) is 7. The number of rotatable bonds is 11. The average Bonchev–Trinajstić information content (AvgIpc) is 3.35. The molecule has 0 saturated heterocycles. The number of nitrogens with zero attached hydrogens (tertiary/aromatic N) is 2. The lowest BCUT2D eigenvalue weighted by Crippen LogP contribution is -2.51. The summed E-state index contributed by atoms with van der Waals surface area (Å²) in [5.41, 5.74) is 2.99. The molecule has 3 rings (SSSR count). The van der Waals surface area contributed by atoms with E-state index in [1.807, 2.05) is 26.8 Å². The van der Waals surface area contributed by atoms with Gasteiger partial charge < -0.3 is 23.8 Å². The maximum atomic E-state index is 13.8. The van der Waals surface area contributed by atoms with Crippen LogP contribution < -0.4 is 14.4 Å². The average molecular weight is 605 g/mol. The summed E-state index contributed by atoms with van der Waals surface area (Å²) in [5, 5.41) is 0. The first-order valence-corrected chi connectivity index (χ1v) is 14.3. The number of alkyl halides is 2. The van der Waals surface area contributed by atoms with Gasteiger partial charge in [-0.3, -0.25) is 14.5 Å². The van der Waals surface area contributed by atoms with Crippen LogP contribution in [-0.4, -0.2) is 61.8 Å². The van der Waals surface area contributed by atoms with Crippen molar-refractivity contribution in [1.29, 1.82) is 0 Å². The number of fused-ring (bicyclic) bond motifs is 1. The van der Waals surface area contributed by atoms with Gasteiger partial charge in [0, 0.05) is 19.3 Å². The van der Waals surface area contributed by atoms with Crippen molar-refractivity contribution < 1.29 is 42.1 Å². The van der Waals surface area contributed by atoms with Crippen LogP contribution in [0.5, 0.6) is 11.5 Å². The van der Waals surface area contributed by atoms with Crippen LogP contribution in [0.3, 0.4) is 0 Å². The van der Waals surface area contributed by atoms with E-state index < -0.39 is 36.2 Å². The summed E-state index contributed by atoms with van der Waals surface area (Å²) >= 11 is 0. The molecule has 1 atom stereocenters. The van der Waals surface area contributed by atoms with Gasteiger partial charge in [0.2, 0.25) is 0 Å². The molecule has 1 aliphatic rings. The van der Waals surface area contributed by atoms with Crippen LogP contribution in [0.15, 0.2) is 30.3 Å². The lowest BCUT2D eigenvalue weighted by Gasteiger charge is -2.32. The van der Waals surface area contributed by atoms with Gasteiger partial charge in [-0.1, -0.05) is 26.0 Å². The maximum Gasteiger partial charge on any atom is 0.410 e. The number of halogens is 2. The molecule has 43 heavy (non-hydrogen) atoms. The zero-order valence-electron chi connectivity index (χ0n) is 26.2. The highest BCUT2D eigenvalue weighted by atomic mass is 19.3. The van der Waals surface area contributed by atoms with Crippen molar-refractivity contribution in [3.63, 3.8) is 0 Å². The number of amides is 2. The number of ether oxygens (including phenoxy) is 4. The molecule has 0 saturated carbocycles. The van der Waals surface area contributed by atoms with Crippen molar-refractivity contribution in [2.24, 2.45) is 5.92 Å². The Morgan fingerprint density at radius 1 is 1.07 bits per heavy atom. The standard InChI is InChI=1S/C32H42F2N2O7/c1-19(2)15-22-10-9-21(16-27(22)42-30(33)34)18-41-26-12-11-24-23(20(26)3)13-14-36(24)29(38)25(17-28(37)40-8)35(7)31(39)43-32(4,5)6/h9-12,16,19,25,30H,13-15,17-18H2,1-8H3/t25-/m1/s1. The lowest BCUT2D eigenvalue weighted by atomic mass is 10.0. The SMILES string of the molecule is COC(=O)C[C@H](C(=O)N1CCc2c1ccc(OCc1ccc(CC(C)C)c(OC(F)F)c1)c2C)N(C)C(=O)OC(C)(C)C. The third-order valence-corrected chi connectivity index (χ3v) is 7.06. The molecule has 0 unspecified atom stereocenters. The highest BCUT2D eigenvalue weighted by Crippen LogP contribution is 2.37. The van der Waals surface area contributed by atoms with Crippen molar-refractivity contribution in [3.8, 4) is 11.5 Å². The summed E-state index contributed by atoms with van der Waals surface area (Å²) in [4.78, 5) is 41.4. The van der Waals surface area contributed by atoms with Crippen LogP contribution >= 0.6 is 0 Å². The molecule has 0 aliphatic carbocycles. The second kappa shape index (κ2) is 14.1. The topological polar surface area (TPSA) is 94.6 Å². The van der Waals surface area contributed by atoms with Crippen molar-refractivity contribution in [3.05, 3.63) is 52.6 Å². The van der Waals surface area contributed by atoms with Crippen molar-refractivity contribution in [1.82, 2.24) is 4.90 Å². The number of carbonyl (C=O) groups is 3. The molecule has 2 aromatic carbocycles. The van der Waals surface area contributed by atoms with Gasteiger partial charge in [-0.05, 0) is 86.9 Å². The summed E-state index contributed by atoms with van der Waals surface area (Å²) in [5.74, 6) is -0.0581. The van der Waals surface area contributed by atoms with Crippen LogP contribution in [-0.2, 0) is 38.5 Å². The van der Waals surface area contributed by atoms with Gasteiger partial charge in [-0.15, -0.1) is 0 Å². The first kappa shape index (κ1) is 33.6. The Balaban J connectivity index is 1.81. The van der Waals surface area contributed by atoms with Crippen LogP contribution in [0.4, 0.5) is 19.3 Å². The Labute approximate surface area is 252 Å². The third-order valence-electron chi connectivity index (χ3n) is 7.06. The monoisotopic (exact) mass is 604 g/mol. The molecule has 0 fully saturated rings. The highest BCUT2D eigenvalue weighted by molar-refractivity contribution is 6.02. The highest BCUT2D eigenvalue weighted by Gasteiger charge is 2.38. The van der Waals surface area contributed by atoms with E-state index in [-0.39, 0.29) is 24.7 Å². The Morgan fingerprint density at radius 3 is 2.37 bits per heavy atom. The van der Waals surface area contributed by atoms with E-state index in [9.17, 15) is 23.2 Å². The summed E-state index contributed by atoms with van der Waals surface area (Å²) in [7, 11) is 2.64. The quantitative estimate of drug-likeness (QED) is 0.288. The van der Waals surface area contributed by atoms with Crippen molar-refractivity contribution >= 4 is 23.7 Å². The predicted octanol–water partition coefficient (Wildman–Crippen LogP) is 6.06. The van der Waals surface area contributed by atoms with Crippen LogP contribution in [0.1, 0.15) is 63.3 Å². The van der Waals surface area contributed by atoms with E-state index in [0.29, 0.717) is 42.0 Å². The Hall–Kier alpha value is -3.89. The maximum absolute atomic E-state index is 13.8. The lowest BCUT2D eigenvalue weighted by molar-refractivity contribution is -0.144. The van der Waals surface area contributed by atoms with Crippen LogP contribution in [0.2, 0.25) is 0 Å². The van der Waals surface area contributed by atoms with E-state index in [1.165, 1.54) is 14.2 Å². The van der Waals surface area contributed by atoms with Gasteiger partial charge in [-0.2, -0.15) is 8.78 Å². The van der Waals surface area contributed by atoms with Crippen LogP contribution in [0, 0.1) is 12.8 Å². The molecular formula is C32H42F2N2O7. The molecule has 1 aliphatic heterocycles. The molecule has 11 heteroatoms.